The van der Waals surface area contributed by atoms with E-state index in [1.807, 2.05) is 48.5 Å². The minimum Gasteiger partial charge on any atom is -0.450 e. The predicted molar refractivity (Wildman–Crippen MR) is 132 cm³/mol. The highest BCUT2D eigenvalue weighted by atomic mass is 127. The summed E-state index contributed by atoms with van der Waals surface area (Å²) in [6.45, 7) is 0. The highest BCUT2D eigenvalue weighted by molar-refractivity contribution is 14.1. The average Bonchev–Trinajstić information content (AvgIpc) is 3.30. The van der Waals surface area contributed by atoms with Crippen LogP contribution in [0.25, 0.3) is 11.0 Å². The number of hydrogen-bond donors (Lipinski definition) is 1. The number of hydrazone groups is 1. The molecule has 9 heteroatoms. The Kier molecular flexibility index (Phi) is 6.65. The van der Waals surface area contributed by atoms with Crippen molar-refractivity contribution in [2.24, 2.45) is 5.10 Å². The zero-order chi connectivity index (χ0) is 20.4. The molecule has 4 rings (SSSR count). The van der Waals surface area contributed by atoms with Crippen LogP contribution in [0.1, 0.15) is 15.4 Å². The van der Waals surface area contributed by atoms with Gasteiger partial charge >= 0.3 is 5.91 Å². The molecular formula is C20H11BrClIN2O2S2. The first-order valence-electron chi connectivity index (χ1n) is 8.23. The maximum atomic E-state index is 12.3. The molecule has 0 unspecified atom stereocenters. The SMILES string of the molecule is O=C(N/N=C\c1ccc(Sc2ccc(Cl)cc2)s1)c1cc2cc(Br)cc(I)c2o1. The molecule has 0 aliphatic carbocycles. The van der Waals surface area contributed by atoms with E-state index in [1.54, 1.807) is 35.4 Å². The number of rotatable bonds is 5. The van der Waals surface area contributed by atoms with E-state index in [1.165, 1.54) is 0 Å². The molecule has 2 heterocycles. The van der Waals surface area contributed by atoms with Gasteiger partial charge in [-0.3, -0.25) is 4.79 Å². The Balaban J connectivity index is 1.40. The van der Waals surface area contributed by atoms with Crippen molar-refractivity contribution in [1.82, 2.24) is 5.43 Å². The molecule has 2 aromatic carbocycles. The van der Waals surface area contributed by atoms with Crippen molar-refractivity contribution >= 4 is 96.3 Å². The van der Waals surface area contributed by atoms with Crippen molar-refractivity contribution in [3.05, 3.63) is 78.3 Å². The highest BCUT2D eigenvalue weighted by Crippen LogP contribution is 2.33. The monoisotopic (exact) mass is 616 g/mol. The normalized spacial score (nSPS) is 11.4. The zero-order valence-electron chi connectivity index (χ0n) is 14.5. The minimum absolute atomic E-state index is 0.221. The Hall–Kier alpha value is -1.33. The summed E-state index contributed by atoms with van der Waals surface area (Å²) in [5.74, 6) is -0.171. The molecule has 0 fully saturated rings. The van der Waals surface area contributed by atoms with E-state index in [0.717, 1.165) is 32.4 Å². The first-order chi connectivity index (χ1) is 14.0. The van der Waals surface area contributed by atoms with Gasteiger partial charge in [0.25, 0.3) is 0 Å². The second-order valence-electron chi connectivity index (χ2n) is 5.83. The molecule has 0 bridgehead atoms. The van der Waals surface area contributed by atoms with Crippen molar-refractivity contribution in [2.45, 2.75) is 9.10 Å². The van der Waals surface area contributed by atoms with Crippen molar-refractivity contribution in [3.8, 4) is 0 Å². The third-order valence-corrected chi connectivity index (χ3v) is 7.42. The van der Waals surface area contributed by atoms with Crippen LogP contribution in [0.3, 0.4) is 0 Å². The molecule has 0 saturated carbocycles. The molecular weight excluding hydrogens is 607 g/mol. The number of nitrogens with one attached hydrogen (secondary N) is 1. The van der Waals surface area contributed by atoms with E-state index < -0.39 is 5.91 Å². The van der Waals surface area contributed by atoms with E-state index in [-0.39, 0.29) is 5.76 Å². The average molecular weight is 618 g/mol. The number of hydrogen-bond acceptors (Lipinski definition) is 5. The highest BCUT2D eigenvalue weighted by Gasteiger charge is 2.14. The summed E-state index contributed by atoms with van der Waals surface area (Å²) in [6.07, 6.45) is 1.62. The molecule has 1 N–H and O–H groups in total. The number of carbonyl (C=O) groups is 1. The van der Waals surface area contributed by atoms with Gasteiger partial charge in [-0.2, -0.15) is 5.10 Å². The molecule has 29 heavy (non-hydrogen) atoms. The van der Waals surface area contributed by atoms with Gasteiger partial charge in [-0.15, -0.1) is 11.3 Å². The second-order valence-corrected chi connectivity index (χ2v) is 10.8. The Morgan fingerprint density at radius 3 is 2.79 bits per heavy atom. The lowest BCUT2D eigenvalue weighted by atomic mass is 10.2. The summed E-state index contributed by atoms with van der Waals surface area (Å²) in [5.41, 5.74) is 3.20. The number of nitrogens with zero attached hydrogens (tertiary/aromatic N) is 1. The van der Waals surface area contributed by atoms with E-state index in [9.17, 15) is 4.79 Å². The fourth-order valence-corrected chi connectivity index (χ4v) is 6.26. The molecule has 4 nitrogen and oxygen atoms in total. The van der Waals surface area contributed by atoms with Gasteiger partial charge in [-0.1, -0.05) is 39.3 Å². The first-order valence-corrected chi connectivity index (χ1v) is 12.1. The molecule has 146 valence electrons. The van der Waals surface area contributed by atoms with Crippen LogP contribution in [0.4, 0.5) is 0 Å². The molecule has 0 radical (unpaired) electrons. The summed E-state index contributed by atoms with van der Waals surface area (Å²) in [4.78, 5) is 14.4. The van der Waals surface area contributed by atoms with Gasteiger partial charge in [0, 0.05) is 24.7 Å². The van der Waals surface area contributed by atoms with Gasteiger partial charge in [0.2, 0.25) is 0 Å². The maximum Gasteiger partial charge on any atom is 0.307 e. The standard InChI is InChI=1S/C20H11BrClIN2O2S2/c21-12-7-11-8-17(27-19(11)16(23)9-12)20(26)25-24-10-15-5-6-18(29-15)28-14-3-1-13(22)2-4-14/h1-10H,(H,25,26)/b24-10-. The van der Waals surface area contributed by atoms with Crippen LogP contribution in [0.15, 0.2) is 77.7 Å². The number of furan rings is 1. The fourth-order valence-electron chi connectivity index (χ4n) is 2.47. The lowest BCUT2D eigenvalue weighted by Gasteiger charge is -1.97. The van der Waals surface area contributed by atoms with E-state index in [0.29, 0.717) is 5.58 Å². The molecule has 0 aliphatic rings. The molecule has 0 spiro atoms. The number of amides is 1. The predicted octanol–water partition coefficient (Wildman–Crippen LogP) is 7.43. The van der Waals surface area contributed by atoms with Gasteiger partial charge < -0.3 is 4.42 Å². The topological polar surface area (TPSA) is 54.6 Å². The van der Waals surface area contributed by atoms with Crippen LogP contribution in [0.2, 0.25) is 5.02 Å². The van der Waals surface area contributed by atoms with Crippen LogP contribution in [0.5, 0.6) is 0 Å². The van der Waals surface area contributed by atoms with E-state index in [2.05, 4.69) is 49.0 Å². The summed E-state index contributed by atoms with van der Waals surface area (Å²) in [7, 11) is 0. The van der Waals surface area contributed by atoms with Gasteiger partial charge in [0.1, 0.15) is 5.58 Å². The summed E-state index contributed by atoms with van der Waals surface area (Å²) in [5, 5.41) is 5.63. The third kappa shape index (κ3) is 5.24. The lowest BCUT2D eigenvalue weighted by molar-refractivity contribution is 0.0929. The number of carbonyl (C=O) groups excluding carboxylic acids is 1. The number of benzene rings is 2. The molecule has 0 atom stereocenters. The van der Waals surface area contributed by atoms with Gasteiger partial charge in [0.15, 0.2) is 5.76 Å². The van der Waals surface area contributed by atoms with Crippen LogP contribution in [-0.4, -0.2) is 12.1 Å². The number of halogens is 3. The quantitative estimate of drug-likeness (QED) is 0.144. The van der Waals surface area contributed by atoms with Crippen LogP contribution in [-0.2, 0) is 0 Å². The summed E-state index contributed by atoms with van der Waals surface area (Å²) >= 11 is 14.8. The Bertz CT molecular complexity index is 1220. The molecule has 2 aromatic heterocycles. The largest absolute Gasteiger partial charge is 0.450 e. The van der Waals surface area contributed by atoms with Gasteiger partial charge in [-0.25, -0.2) is 5.43 Å². The molecule has 4 aromatic rings. The minimum atomic E-state index is -0.392. The second kappa shape index (κ2) is 9.22. The van der Waals surface area contributed by atoms with Crippen molar-refractivity contribution in [3.63, 3.8) is 0 Å². The van der Waals surface area contributed by atoms with Gasteiger partial charge in [-0.05, 0) is 77.2 Å². The zero-order valence-corrected chi connectivity index (χ0v) is 20.6. The van der Waals surface area contributed by atoms with E-state index in [4.69, 9.17) is 16.0 Å². The molecule has 1 amide bonds. The smallest absolute Gasteiger partial charge is 0.307 e. The van der Waals surface area contributed by atoms with Crippen LogP contribution < -0.4 is 5.43 Å². The lowest BCUT2D eigenvalue weighted by Crippen LogP contribution is -2.16. The van der Waals surface area contributed by atoms with Crippen LogP contribution in [0, 0.1) is 3.57 Å². The summed E-state index contributed by atoms with van der Waals surface area (Å²) in [6, 6.07) is 17.2. The van der Waals surface area contributed by atoms with E-state index >= 15 is 0 Å². The number of fused-ring (bicyclic) bond motifs is 1. The maximum absolute atomic E-state index is 12.3. The molecule has 0 aliphatic heterocycles. The van der Waals surface area contributed by atoms with Crippen molar-refractivity contribution in [2.75, 3.05) is 0 Å². The molecule has 0 saturated heterocycles. The van der Waals surface area contributed by atoms with Crippen molar-refractivity contribution < 1.29 is 9.21 Å². The third-order valence-electron chi connectivity index (χ3n) is 3.75. The fraction of sp³-hybridized carbons (Fsp3) is 0. The van der Waals surface area contributed by atoms with Crippen molar-refractivity contribution in [1.29, 1.82) is 0 Å². The Morgan fingerprint density at radius 1 is 1.21 bits per heavy atom. The number of thiophene rings is 1. The summed E-state index contributed by atoms with van der Waals surface area (Å²) < 4.78 is 8.66. The Labute approximate surface area is 202 Å². The van der Waals surface area contributed by atoms with Crippen LogP contribution >= 0.6 is 73.2 Å². The Morgan fingerprint density at radius 2 is 2.00 bits per heavy atom. The first kappa shape index (κ1) is 20.9. The van der Waals surface area contributed by atoms with Gasteiger partial charge in [0.05, 0.1) is 14.0 Å².